The Morgan fingerprint density at radius 3 is 2.74 bits per heavy atom. The minimum absolute atomic E-state index is 0.0372. The quantitative estimate of drug-likeness (QED) is 0.779. The van der Waals surface area contributed by atoms with Crippen LogP contribution in [0.3, 0.4) is 0 Å². The lowest BCUT2D eigenvalue weighted by Crippen LogP contribution is -2.29. The van der Waals surface area contributed by atoms with Gasteiger partial charge in [-0.3, -0.25) is 0 Å². The molecular formula is C12H18FNO4S. The minimum atomic E-state index is -3.69. The Hall–Kier alpha value is -1.02. The molecule has 0 radical (unpaired) electrons. The molecule has 0 saturated carbocycles. The third kappa shape index (κ3) is 4.87. The molecule has 0 aromatic heterocycles. The Bertz CT molecular complexity index is 518. The first-order valence-electron chi connectivity index (χ1n) is 5.79. The van der Waals surface area contributed by atoms with E-state index >= 15 is 0 Å². The molecule has 2 N–H and O–H groups in total. The Morgan fingerprint density at radius 2 is 2.16 bits per heavy atom. The van der Waals surface area contributed by atoms with Gasteiger partial charge in [0.05, 0.1) is 17.6 Å². The third-order valence-electron chi connectivity index (χ3n) is 2.56. The Labute approximate surface area is 112 Å². The van der Waals surface area contributed by atoms with Crippen LogP contribution in [0.5, 0.6) is 0 Å². The number of aryl methyl sites for hydroxylation is 1. The summed E-state index contributed by atoms with van der Waals surface area (Å²) in [6.45, 7) is 1.76. The molecule has 0 aliphatic rings. The molecule has 0 bridgehead atoms. The molecule has 108 valence electrons. The third-order valence-corrected chi connectivity index (χ3v) is 4.18. The summed E-state index contributed by atoms with van der Waals surface area (Å²) in [5.74, 6) is -0.480. The van der Waals surface area contributed by atoms with Crippen LogP contribution in [0.4, 0.5) is 4.39 Å². The largest absolute Gasteiger partial charge is 0.391 e. The van der Waals surface area contributed by atoms with E-state index < -0.39 is 21.9 Å². The topological polar surface area (TPSA) is 75.6 Å². The molecule has 0 fully saturated rings. The van der Waals surface area contributed by atoms with Gasteiger partial charge >= 0.3 is 0 Å². The number of rotatable bonds is 7. The number of aliphatic hydroxyl groups is 1. The van der Waals surface area contributed by atoms with Crippen LogP contribution in [0, 0.1) is 12.7 Å². The van der Waals surface area contributed by atoms with Crippen LogP contribution in [0.15, 0.2) is 23.1 Å². The predicted octanol–water partition coefficient (Wildman–Crippen LogP) is 0.810. The molecule has 0 spiro atoms. The zero-order valence-corrected chi connectivity index (χ0v) is 11.7. The Balaban J connectivity index is 2.66. The molecule has 1 aromatic rings. The van der Waals surface area contributed by atoms with E-state index in [-0.39, 0.29) is 24.5 Å². The zero-order valence-electron chi connectivity index (χ0n) is 10.9. The molecule has 1 rings (SSSR count). The maximum atomic E-state index is 12.9. The highest BCUT2D eigenvalue weighted by Crippen LogP contribution is 2.15. The van der Waals surface area contributed by atoms with Gasteiger partial charge in [0.2, 0.25) is 10.0 Å². The van der Waals surface area contributed by atoms with E-state index in [9.17, 15) is 17.9 Å². The number of benzene rings is 1. The highest BCUT2D eigenvalue weighted by atomic mass is 32.2. The van der Waals surface area contributed by atoms with Crippen LogP contribution in [0.2, 0.25) is 0 Å². The second-order valence-electron chi connectivity index (χ2n) is 4.21. The molecule has 5 nitrogen and oxygen atoms in total. The summed E-state index contributed by atoms with van der Waals surface area (Å²) in [5, 5.41) is 9.40. The van der Waals surface area contributed by atoms with Gasteiger partial charge in [0.25, 0.3) is 0 Å². The molecule has 1 aromatic carbocycles. The standard InChI is InChI=1S/C12H18FNO4S/c1-9-7-10(13)3-4-12(9)19(16,17)14-6-5-11(15)8-18-2/h3-4,7,11,14-15H,5-6,8H2,1-2H3. The Kier molecular flexibility index (Phi) is 5.86. The van der Waals surface area contributed by atoms with E-state index in [0.29, 0.717) is 5.56 Å². The van der Waals surface area contributed by atoms with Gasteiger partial charge in [-0.2, -0.15) is 0 Å². The number of hydrogen-bond acceptors (Lipinski definition) is 4. The van der Waals surface area contributed by atoms with E-state index in [1.54, 1.807) is 0 Å². The molecule has 0 heterocycles. The van der Waals surface area contributed by atoms with Gasteiger partial charge in [0.15, 0.2) is 0 Å². The fourth-order valence-electron chi connectivity index (χ4n) is 1.63. The van der Waals surface area contributed by atoms with Crippen molar-refractivity contribution in [1.82, 2.24) is 4.72 Å². The molecule has 1 atom stereocenters. The predicted molar refractivity (Wildman–Crippen MR) is 68.8 cm³/mol. The molecule has 0 aliphatic heterocycles. The smallest absolute Gasteiger partial charge is 0.240 e. The maximum Gasteiger partial charge on any atom is 0.240 e. The molecular weight excluding hydrogens is 273 g/mol. The molecule has 0 saturated heterocycles. The maximum absolute atomic E-state index is 12.9. The summed E-state index contributed by atoms with van der Waals surface area (Å²) in [6, 6.07) is 3.48. The minimum Gasteiger partial charge on any atom is -0.391 e. The van der Waals surface area contributed by atoms with Crippen molar-refractivity contribution >= 4 is 10.0 Å². The fourth-order valence-corrected chi connectivity index (χ4v) is 2.90. The van der Waals surface area contributed by atoms with E-state index in [1.807, 2.05) is 0 Å². The highest BCUT2D eigenvalue weighted by molar-refractivity contribution is 7.89. The molecule has 0 aliphatic carbocycles. The monoisotopic (exact) mass is 291 g/mol. The summed E-state index contributed by atoms with van der Waals surface area (Å²) in [4.78, 5) is 0.0372. The molecule has 0 amide bonds. The van der Waals surface area contributed by atoms with Crippen LogP contribution < -0.4 is 4.72 Å². The number of hydrogen-bond donors (Lipinski definition) is 2. The number of halogens is 1. The van der Waals surface area contributed by atoms with Crippen molar-refractivity contribution in [2.45, 2.75) is 24.3 Å². The van der Waals surface area contributed by atoms with Crippen LogP contribution in [-0.2, 0) is 14.8 Å². The van der Waals surface area contributed by atoms with Crippen molar-refractivity contribution in [2.75, 3.05) is 20.3 Å². The van der Waals surface area contributed by atoms with Crippen LogP contribution >= 0.6 is 0 Å². The first-order chi connectivity index (χ1) is 8.86. The summed E-state index contributed by atoms with van der Waals surface area (Å²) in [7, 11) is -2.23. The average Bonchev–Trinajstić information content (AvgIpc) is 2.28. The van der Waals surface area contributed by atoms with Crippen molar-refractivity contribution in [3.63, 3.8) is 0 Å². The Morgan fingerprint density at radius 1 is 1.47 bits per heavy atom. The van der Waals surface area contributed by atoms with Crippen LogP contribution in [-0.4, -0.2) is 39.9 Å². The van der Waals surface area contributed by atoms with Gasteiger partial charge in [-0.1, -0.05) is 0 Å². The fraction of sp³-hybridized carbons (Fsp3) is 0.500. The van der Waals surface area contributed by atoms with Crippen LogP contribution in [0.1, 0.15) is 12.0 Å². The van der Waals surface area contributed by atoms with Crippen molar-refractivity contribution in [3.8, 4) is 0 Å². The van der Waals surface area contributed by atoms with E-state index in [1.165, 1.54) is 20.1 Å². The highest BCUT2D eigenvalue weighted by Gasteiger charge is 2.17. The average molecular weight is 291 g/mol. The summed E-state index contributed by atoms with van der Waals surface area (Å²) >= 11 is 0. The number of sulfonamides is 1. The number of nitrogens with one attached hydrogen (secondary N) is 1. The van der Waals surface area contributed by atoms with Crippen molar-refractivity contribution in [1.29, 1.82) is 0 Å². The second kappa shape index (κ2) is 6.95. The lowest BCUT2D eigenvalue weighted by atomic mass is 10.2. The normalized spacial score (nSPS) is 13.5. The van der Waals surface area contributed by atoms with Gasteiger partial charge < -0.3 is 9.84 Å². The molecule has 19 heavy (non-hydrogen) atoms. The van der Waals surface area contributed by atoms with Gasteiger partial charge in [0.1, 0.15) is 5.82 Å². The number of methoxy groups -OCH3 is 1. The second-order valence-corrected chi connectivity index (χ2v) is 5.94. The zero-order chi connectivity index (χ0) is 14.5. The number of ether oxygens (including phenoxy) is 1. The van der Waals surface area contributed by atoms with Crippen LogP contribution in [0.25, 0.3) is 0 Å². The lowest BCUT2D eigenvalue weighted by molar-refractivity contribution is 0.0603. The first-order valence-corrected chi connectivity index (χ1v) is 7.28. The van der Waals surface area contributed by atoms with Gasteiger partial charge in [-0.25, -0.2) is 17.5 Å². The lowest BCUT2D eigenvalue weighted by Gasteiger charge is -2.12. The summed E-state index contributed by atoms with van der Waals surface area (Å²) in [6.07, 6.45) is -0.477. The van der Waals surface area contributed by atoms with Gasteiger partial charge in [-0.05, 0) is 37.1 Å². The summed E-state index contributed by atoms with van der Waals surface area (Å²) < 4.78 is 43.9. The molecule has 1 unspecified atom stereocenters. The van der Waals surface area contributed by atoms with Crippen molar-refractivity contribution < 1.29 is 22.7 Å². The molecule has 7 heteroatoms. The van der Waals surface area contributed by atoms with Gasteiger partial charge in [-0.15, -0.1) is 0 Å². The van der Waals surface area contributed by atoms with Crippen molar-refractivity contribution in [3.05, 3.63) is 29.6 Å². The van der Waals surface area contributed by atoms with E-state index in [2.05, 4.69) is 4.72 Å². The summed E-state index contributed by atoms with van der Waals surface area (Å²) in [5.41, 5.74) is 0.338. The first kappa shape index (κ1) is 16.0. The SMILES string of the molecule is COCC(O)CCNS(=O)(=O)c1ccc(F)cc1C. The van der Waals surface area contributed by atoms with E-state index in [0.717, 1.165) is 12.1 Å². The number of aliphatic hydroxyl groups excluding tert-OH is 1. The van der Waals surface area contributed by atoms with E-state index in [4.69, 9.17) is 4.74 Å². The van der Waals surface area contributed by atoms with Crippen molar-refractivity contribution in [2.24, 2.45) is 0 Å². The van der Waals surface area contributed by atoms with Gasteiger partial charge in [0, 0.05) is 13.7 Å².